The van der Waals surface area contributed by atoms with Gasteiger partial charge < -0.3 is 5.11 Å². The average Bonchev–Trinajstić information content (AvgIpc) is 2.68. The molecule has 2 unspecified atom stereocenters. The van der Waals surface area contributed by atoms with E-state index in [1.54, 1.807) is 6.07 Å². The fourth-order valence-electron chi connectivity index (χ4n) is 3.14. The maximum absolute atomic E-state index is 12.7. The van der Waals surface area contributed by atoms with Crippen molar-refractivity contribution in [1.29, 1.82) is 0 Å². The molecule has 2 atom stereocenters. The van der Waals surface area contributed by atoms with Crippen molar-refractivity contribution in [2.75, 3.05) is 0 Å². The average molecular weight is 288 g/mol. The zero-order chi connectivity index (χ0) is 13.7. The van der Waals surface area contributed by atoms with E-state index in [0.29, 0.717) is 28.9 Å². The van der Waals surface area contributed by atoms with Crippen LogP contribution >= 0.6 is 11.8 Å². The summed E-state index contributed by atoms with van der Waals surface area (Å²) in [4.78, 5) is 0. The third-order valence-electron chi connectivity index (χ3n) is 4.05. The standard InChI is InChI=1S/C14H15F3OS/c15-14(16,17)10-3-1-2-9(6-10)13(18)7-11-4-5-12(8-13)19-11/h1-3,6,11-12,18H,4-5,7-8H2. The number of thioether (sulfide) groups is 1. The molecule has 2 fully saturated rings. The molecule has 1 aromatic rings. The normalized spacial score (nSPS) is 34.5. The monoisotopic (exact) mass is 288 g/mol. The maximum atomic E-state index is 12.7. The summed E-state index contributed by atoms with van der Waals surface area (Å²) in [6.45, 7) is 0. The molecule has 104 valence electrons. The van der Waals surface area contributed by atoms with Gasteiger partial charge in [-0.2, -0.15) is 24.9 Å². The van der Waals surface area contributed by atoms with Crippen LogP contribution in [-0.2, 0) is 11.8 Å². The van der Waals surface area contributed by atoms with Crippen LogP contribution in [0.3, 0.4) is 0 Å². The predicted molar refractivity (Wildman–Crippen MR) is 69.0 cm³/mol. The molecule has 0 aliphatic carbocycles. The second-order valence-corrected chi connectivity index (χ2v) is 7.08. The minimum Gasteiger partial charge on any atom is -0.385 e. The van der Waals surface area contributed by atoms with Crippen molar-refractivity contribution >= 4 is 11.8 Å². The minimum atomic E-state index is -4.35. The number of fused-ring (bicyclic) bond motifs is 2. The summed E-state index contributed by atoms with van der Waals surface area (Å²) >= 11 is 1.88. The van der Waals surface area contributed by atoms with E-state index in [-0.39, 0.29) is 0 Å². The fourth-order valence-corrected chi connectivity index (χ4v) is 4.97. The number of benzene rings is 1. The van der Waals surface area contributed by atoms with Gasteiger partial charge in [-0.3, -0.25) is 0 Å². The summed E-state index contributed by atoms with van der Waals surface area (Å²) in [5.74, 6) is 0. The van der Waals surface area contributed by atoms with Crippen molar-refractivity contribution in [1.82, 2.24) is 0 Å². The van der Waals surface area contributed by atoms with E-state index < -0.39 is 17.3 Å². The summed E-state index contributed by atoms with van der Waals surface area (Å²) < 4.78 is 38.2. The molecule has 0 aromatic heterocycles. The van der Waals surface area contributed by atoms with E-state index in [2.05, 4.69) is 0 Å². The highest BCUT2D eigenvalue weighted by atomic mass is 32.2. The van der Waals surface area contributed by atoms with E-state index in [1.807, 2.05) is 11.8 Å². The zero-order valence-electron chi connectivity index (χ0n) is 10.3. The van der Waals surface area contributed by atoms with Gasteiger partial charge >= 0.3 is 6.18 Å². The van der Waals surface area contributed by atoms with E-state index in [1.165, 1.54) is 6.07 Å². The highest BCUT2D eigenvalue weighted by Crippen LogP contribution is 2.51. The Morgan fingerprint density at radius 2 is 1.79 bits per heavy atom. The topological polar surface area (TPSA) is 20.2 Å². The molecule has 5 heteroatoms. The first-order valence-electron chi connectivity index (χ1n) is 6.42. The molecule has 2 aliphatic rings. The van der Waals surface area contributed by atoms with Gasteiger partial charge in [0.1, 0.15) is 0 Å². The number of alkyl halides is 3. The highest BCUT2D eigenvalue weighted by Gasteiger charge is 2.44. The van der Waals surface area contributed by atoms with Crippen molar-refractivity contribution in [3.8, 4) is 0 Å². The first-order valence-corrected chi connectivity index (χ1v) is 7.37. The van der Waals surface area contributed by atoms with Gasteiger partial charge in [0, 0.05) is 10.5 Å². The van der Waals surface area contributed by atoms with Gasteiger partial charge in [0.05, 0.1) is 11.2 Å². The number of aliphatic hydroxyl groups is 1. The number of hydrogen-bond donors (Lipinski definition) is 1. The molecule has 0 spiro atoms. The predicted octanol–water partition coefficient (Wildman–Crippen LogP) is 3.95. The van der Waals surface area contributed by atoms with Crippen LogP contribution in [0.15, 0.2) is 24.3 Å². The molecule has 0 amide bonds. The van der Waals surface area contributed by atoms with Gasteiger partial charge in [0.2, 0.25) is 0 Å². The summed E-state index contributed by atoms with van der Waals surface area (Å²) in [5, 5.41) is 11.5. The molecule has 0 radical (unpaired) electrons. The van der Waals surface area contributed by atoms with Crippen LogP contribution < -0.4 is 0 Å². The quantitative estimate of drug-likeness (QED) is 0.844. The lowest BCUT2D eigenvalue weighted by molar-refractivity contribution is -0.137. The Morgan fingerprint density at radius 3 is 2.37 bits per heavy atom. The molecule has 0 saturated carbocycles. The number of hydrogen-bond acceptors (Lipinski definition) is 2. The van der Waals surface area contributed by atoms with Crippen LogP contribution in [-0.4, -0.2) is 15.6 Å². The van der Waals surface area contributed by atoms with Crippen molar-refractivity contribution < 1.29 is 18.3 Å². The van der Waals surface area contributed by atoms with Crippen LogP contribution in [0, 0.1) is 0 Å². The Hall–Kier alpha value is -0.680. The molecule has 2 aliphatic heterocycles. The second kappa shape index (κ2) is 4.42. The van der Waals surface area contributed by atoms with E-state index in [4.69, 9.17) is 0 Å². The summed E-state index contributed by atoms with van der Waals surface area (Å²) in [7, 11) is 0. The van der Waals surface area contributed by atoms with Crippen LogP contribution in [0.5, 0.6) is 0 Å². The molecule has 2 saturated heterocycles. The number of rotatable bonds is 1. The van der Waals surface area contributed by atoms with Gasteiger partial charge in [-0.25, -0.2) is 0 Å². The van der Waals surface area contributed by atoms with Crippen molar-refractivity contribution in [3.63, 3.8) is 0 Å². The molecule has 1 nitrogen and oxygen atoms in total. The summed E-state index contributed by atoms with van der Waals surface area (Å²) in [6, 6.07) is 5.17. The summed E-state index contributed by atoms with van der Waals surface area (Å²) in [5.41, 5.74) is -1.35. The fraction of sp³-hybridized carbons (Fsp3) is 0.571. The Kier molecular flexibility index (Phi) is 3.09. The lowest BCUT2D eigenvalue weighted by Crippen LogP contribution is -2.34. The molecule has 3 rings (SSSR count). The third kappa shape index (κ3) is 2.50. The number of halogens is 3. The van der Waals surface area contributed by atoms with Crippen molar-refractivity contribution in [3.05, 3.63) is 35.4 Å². The summed E-state index contributed by atoms with van der Waals surface area (Å²) in [6.07, 6.45) is -1.09. The first kappa shape index (κ1) is 13.3. The Balaban J connectivity index is 1.93. The van der Waals surface area contributed by atoms with E-state index >= 15 is 0 Å². The van der Waals surface area contributed by atoms with Crippen molar-refractivity contribution in [2.24, 2.45) is 0 Å². The lowest BCUT2D eigenvalue weighted by Gasteiger charge is -2.36. The lowest BCUT2D eigenvalue weighted by atomic mass is 9.85. The SMILES string of the molecule is OC1(c2cccc(C(F)(F)F)c2)CC2CCC(C1)S2. The molecule has 19 heavy (non-hydrogen) atoms. The second-order valence-electron chi connectivity index (χ2n) is 5.48. The Bertz CT molecular complexity index is 474. The van der Waals surface area contributed by atoms with Crippen LogP contribution in [0.4, 0.5) is 13.2 Å². The Labute approximate surface area is 114 Å². The van der Waals surface area contributed by atoms with Crippen LogP contribution in [0.2, 0.25) is 0 Å². The van der Waals surface area contributed by atoms with Crippen molar-refractivity contribution in [2.45, 2.75) is 48.0 Å². The van der Waals surface area contributed by atoms with Gasteiger partial charge in [0.25, 0.3) is 0 Å². The largest absolute Gasteiger partial charge is 0.416 e. The third-order valence-corrected chi connectivity index (χ3v) is 5.63. The highest BCUT2D eigenvalue weighted by molar-refractivity contribution is 8.00. The Morgan fingerprint density at radius 1 is 1.16 bits per heavy atom. The first-order chi connectivity index (χ1) is 8.87. The molecule has 2 heterocycles. The van der Waals surface area contributed by atoms with E-state index in [0.717, 1.165) is 25.0 Å². The smallest absolute Gasteiger partial charge is 0.385 e. The molecular formula is C14H15F3OS. The maximum Gasteiger partial charge on any atom is 0.416 e. The van der Waals surface area contributed by atoms with E-state index in [9.17, 15) is 18.3 Å². The van der Waals surface area contributed by atoms with Crippen LogP contribution in [0.25, 0.3) is 0 Å². The molecular weight excluding hydrogens is 273 g/mol. The van der Waals surface area contributed by atoms with Gasteiger partial charge in [-0.15, -0.1) is 0 Å². The zero-order valence-corrected chi connectivity index (χ0v) is 11.1. The molecule has 1 aromatic carbocycles. The van der Waals surface area contributed by atoms with Gasteiger partial charge in [-0.1, -0.05) is 12.1 Å². The molecule has 1 N–H and O–H groups in total. The van der Waals surface area contributed by atoms with Crippen LogP contribution in [0.1, 0.15) is 36.8 Å². The van der Waals surface area contributed by atoms with Gasteiger partial charge in [-0.05, 0) is 43.4 Å². The molecule has 2 bridgehead atoms. The minimum absolute atomic E-state index is 0.387. The van der Waals surface area contributed by atoms with Gasteiger partial charge in [0.15, 0.2) is 0 Å².